The Morgan fingerprint density at radius 2 is 1.56 bits per heavy atom. The predicted molar refractivity (Wildman–Crippen MR) is 173 cm³/mol. The quantitative estimate of drug-likeness (QED) is 0.0829. The molecule has 262 valence electrons. The molecule has 0 aliphatic rings. The van der Waals surface area contributed by atoms with Crippen LogP contribution in [0.15, 0.2) is 35.3 Å². The van der Waals surface area contributed by atoms with Crippen molar-refractivity contribution in [3.63, 3.8) is 0 Å². The van der Waals surface area contributed by atoms with Gasteiger partial charge < -0.3 is 54.6 Å². The molecule has 1 aromatic carbocycles. The summed E-state index contributed by atoms with van der Waals surface area (Å²) in [6, 6.07) is 3.88. The minimum Gasteiger partial charge on any atom is -0.481 e. The third-order valence-electron chi connectivity index (χ3n) is 6.00. The lowest BCUT2D eigenvalue weighted by molar-refractivity contribution is -0.141. The first-order chi connectivity index (χ1) is 22.5. The van der Waals surface area contributed by atoms with E-state index in [1.54, 1.807) is 12.1 Å². The smallest absolute Gasteiger partial charge is 0.326 e. The number of amides is 2. The molecule has 48 heavy (non-hydrogen) atoms. The van der Waals surface area contributed by atoms with Gasteiger partial charge >= 0.3 is 17.9 Å². The number of rotatable bonds is 15. The predicted octanol–water partition coefficient (Wildman–Crippen LogP) is -1.35. The number of fused-ring (bicyclic) bond motifs is 1. The zero-order valence-electron chi connectivity index (χ0n) is 26.1. The summed E-state index contributed by atoms with van der Waals surface area (Å²) in [5.41, 5.74) is 26.6. The first kappa shape index (κ1) is 40.3. The van der Waals surface area contributed by atoms with Gasteiger partial charge in [0.25, 0.3) is 11.5 Å². The van der Waals surface area contributed by atoms with Crippen molar-refractivity contribution in [1.82, 2.24) is 25.3 Å². The van der Waals surface area contributed by atoms with Gasteiger partial charge in [-0.1, -0.05) is 13.3 Å². The number of aromatic amines is 1. The van der Waals surface area contributed by atoms with Crippen LogP contribution in [0.25, 0.3) is 11.2 Å². The number of carbonyl (C=O) groups excluding carboxylic acids is 2. The van der Waals surface area contributed by atoms with Gasteiger partial charge in [-0.3, -0.25) is 29.0 Å². The molecule has 2 atom stereocenters. The second-order valence-electron chi connectivity index (χ2n) is 10.1. The largest absolute Gasteiger partial charge is 0.481 e. The molecule has 0 spiro atoms. The standard InChI is InChI=1S/C19H19N7O6.C5H10N2O3.C4H12N2/c20-19-25-15-14(17(30)26-19)23-11(8-22-15)7-21-10-3-1-9(2-4-10)16(29)24-12(18(31)32)5-6-13(27)28;6-3(5(9)10)1-2-4(7)8;1-2-3-4(5)6/h1-4,8,12,21H,5-7H2,(H,24,29)(H,27,28)(H,31,32)(H3,20,22,25,26,30);3H,1-2,6H2,(H2,7,8)(H,9,10);4H,2-3,5-6H2,1H3. The van der Waals surface area contributed by atoms with Crippen LogP contribution in [0.1, 0.15) is 61.5 Å². The molecule has 0 saturated carbocycles. The van der Waals surface area contributed by atoms with Crippen LogP contribution in [0.4, 0.5) is 11.6 Å². The number of nitrogen functional groups attached to an aromatic ring is 1. The maximum Gasteiger partial charge on any atom is 0.326 e. The SMILES string of the molecule is CCCC(N)N.NC(=O)CCC(N)C(=O)O.Nc1nc2ncc(CNc3ccc(C(=O)NC(CCC(=O)O)C(=O)O)cc3)nc2c(=O)[nH]1. The number of hydrogen-bond donors (Lipinski definition) is 11. The van der Waals surface area contributed by atoms with Gasteiger partial charge in [-0.05, 0) is 43.5 Å². The zero-order valence-corrected chi connectivity index (χ0v) is 26.1. The number of carboxylic acid groups (broad SMARTS) is 3. The molecule has 2 heterocycles. The number of nitrogens with two attached hydrogens (primary N) is 5. The van der Waals surface area contributed by atoms with Crippen LogP contribution in [0, 0.1) is 0 Å². The third-order valence-corrected chi connectivity index (χ3v) is 6.00. The van der Waals surface area contributed by atoms with E-state index in [1.165, 1.54) is 18.3 Å². The molecule has 3 rings (SSSR count). The van der Waals surface area contributed by atoms with Crippen molar-refractivity contribution in [2.75, 3.05) is 11.1 Å². The number of hydrogen-bond acceptors (Lipinski definition) is 14. The van der Waals surface area contributed by atoms with Crippen molar-refractivity contribution < 1.29 is 39.3 Å². The van der Waals surface area contributed by atoms with Crippen LogP contribution < -0.4 is 44.9 Å². The third kappa shape index (κ3) is 15.5. The average molecular weight is 676 g/mol. The number of benzene rings is 1. The average Bonchev–Trinajstić information content (AvgIpc) is 3.01. The number of anilines is 2. The second-order valence-corrected chi connectivity index (χ2v) is 10.1. The molecule has 0 fully saturated rings. The fraction of sp³-hybridized carbons (Fsp3) is 0.393. The Bertz CT molecular complexity index is 1600. The van der Waals surface area contributed by atoms with Crippen LogP contribution in [0.5, 0.6) is 0 Å². The van der Waals surface area contributed by atoms with E-state index in [0.29, 0.717) is 11.4 Å². The van der Waals surface area contributed by atoms with Gasteiger partial charge in [0.1, 0.15) is 12.1 Å². The summed E-state index contributed by atoms with van der Waals surface area (Å²) < 4.78 is 0. The van der Waals surface area contributed by atoms with Crippen LogP contribution >= 0.6 is 0 Å². The van der Waals surface area contributed by atoms with Gasteiger partial charge in [0.2, 0.25) is 11.9 Å². The van der Waals surface area contributed by atoms with Gasteiger partial charge in [0.05, 0.1) is 24.6 Å². The van der Waals surface area contributed by atoms with Crippen molar-refractivity contribution in [1.29, 1.82) is 0 Å². The zero-order chi connectivity index (χ0) is 36.4. The number of aromatic nitrogens is 4. The number of aliphatic carboxylic acids is 3. The molecule has 0 saturated heterocycles. The molecule has 2 aromatic heterocycles. The Kier molecular flexibility index (Phi) is 17.1. The van der Waals surface area contributed by atoms with Gasteiger partial charge in [0, 0.05) is 24.1 Å². The molecule has 16 N–H and O–H groups in total. The molecule has 20 heteroatoms. The summed E-state index contributed by atoms with van der Waals surface area (Å²) in [6.07, 6.45) is 2.87. The maximum absolute atomic E-state index is 12.3. The normalized spacial score (nSPS) is 11.6. The highest BCUT2D eigenvalue weighted by Gasteiger charge is 2.21. The second kappa shape index (κ2) is 20.4. The van der Waals surface area contributed by atoms with Crippen LogP contribution in [-0.2, 0) is 25.7 Å². The van der Waals surface area contributed by atoms with E-state index in [-0.39, 0.29) is 61.1 Å². The minimum atomic E-state index is -1.31. The summed E-state index contributed by atoms with van der Waals surface area (Å²) >= 11 is 0. The number of nitrogens with one attached hydrogen (secondary N) is 3. The molecule has 2 amide bonds. The van der Waals surface area contributed by atoms with E-state index in [0.717, 1.165) is 12.8 Å². The lowest BCUT2D eigenvalue weighted by atomic mass is 10.1. The number of H-pyrrole nitrogens is 1. The van der Waals surface area contributed by atoms with Crippen molar-refractivity contribution in [2.24, 2.45) is 22.9 Å². The first-order valence-corrected chi connectivity index (χ1v) is 14.4. The van der Waals surface area contributed by atoms with Crippen LogP contribution in [0.2, 0.25) is 0 Å². The van der Waals surface area contributed by atoms with E-state index < -0.39 is 47.4 Å². The lowest BCUT2D eigenvalue weighted by Crippen LogP contribution is -2.41. The van der Waals surface area contributed by atoms with Crippen molar-refractivity contribution in [2.45, 2.75) is 70.2 Å². The molecule has 20 nitrogen and oxygen atoms in total. The van der Waals surface area contributed by atoms with Gasteiger partial charge in [-0.15, -0.1) is 0 Å². The van der Waals surface area contributed by atoms with Gasteiger partial charge in [0.15, 0.2) is 11.2 Å². The van der Waals surface area contributed by atoms with Crippen molar-refractivity contribution in [3.05, 3.63) is 52.1 Å². The first-order valence-electron chi connectivity index (χ1n) is 14.4. The molecule has 0 radical (unpaired) electrons. The number of carboxylic acids is 3. The monoisotopic (exact) mass is 675 g/mol. The van der Waals surface area contributed by atoms with E-state index in [1.807, 2.05) is 0 Å². The molecule has 2 unspecified atom stereocenters. The Balaban J connectivity index is 0.000000595. The van der Waals surface area contributed by atoms with Crippen molar-refractivity contribution >= 4 is 52.5 Å². The van der Waals surface area contributed by atoms with Crippen LogP contribution in [0.3, 0.4) is 0 Å². The number of carbonyl (C=O) groups is 5. The fourth-order valence-electron chi connectivity index (χ4n) is 3.51. The molecule has 0 bridgehead atoms. The number of nitrogens with zero attached hydrogens (tertiary/aromatic N) is 3. The van der Waals surface area contributed by atoms with Crippen LogP contribution in [-0.4, -0.2) is 83.2 Å². The van der Waals surface area contributed by atoms with Crippen molar-refractivity contribution in [3.8, 4) is 0 Å². The minimum absolute atomic E-state index is 0.0213. The highest BCUT2D eigenvalue weighted by Crippen LogP contribution is 2.12. The van der Waals surface area contributed by atoms with E-state index in [4.69, 9.17) is 44.0 Å². The molecular formula is C28H41N11O9. The Morgan fingerprint density at radius 1 is 0.917 bits per heavy atom. The summed E-state index contributed by atoms with van der Waals surface area (Å²) in [7, 11) is 0. The highest BCUT2D eigenvalue weighted by atomic mass is 16.4. The fourth-order valence-corrected chi connectivity index (χ4v) is 3.51. The summed E-state index contributed by atoms with van der Waals surface area (Å²) in [5, 5.41) is 31.4. The molecular weight excluding hydrogens is 634 g/mol. The van der Waals surface area contributed by atoms with E-state index in [2.05, 4.69) is 37.5 Å². The summed E-state index contributed by atoms with van der Waals surface area (Å²) in [5.74, 6) is -4.80. The van der Waals surface area contributed by atoms with E-state index >= 15 is 0 Å². The molecule has 0 aliphatic heterocycles. The van der Waals surface area contributed by atoms with Gasteiger partial charge in [-0.2, -0.15) is 4.98 Å². The topological polar surface area (TPSA) is 372 Å². The lowest BCUT2D eigenvalue weighted by Gasteiger charge is -2.14. The number of primary amides is 1. The Labute approximate surface area is 273 Å². The highest BCUT2D eigenvalue weighted by molar-refractivity contribution is 5.97. The molecule has 0 aliphatic carbocycles. The molecule has 3 aromatic rings. The van der Waals surface area contributed by atoms with Gasteiger partial charge in [-0.25, -0.2) is 14.8 Å². The van der Waals surface area contributed by atoms with E-state index in [9.17, 15) is 28.8 Å². The Hall–Kier alpha value is -5.73. The maximum atomic E-state index is 12.3. The summed E-state index contributed by atoms with van der Waals surface area (Å²) in [4.78, 5) is 80.7. The Morgan fingerprint density at radius 3 is 2.06 bits per heavy atom. The summed E-state index contributed by atoms with van der Waals surface area (Å²) in [6.45, 7) is 2.29.